The average molecular weight is 370 g/mol. The minimum atomic E-state index is -3.65. The average Bonchev–Trinajstić information content (AvgIpc) is 2.99. The maximum absolute atomic E-state index is 12.9. The highest BCUT2D eigenvalue weighted by Gasteiger charge is 2.59. The smallest absolute Gasteiger partial charge is 0.240 e. The molecule has 0 saturated heterocycles. The van der Waals surface area contributed by atoms with E-state index in [9.17, 15) is 13.2 Å². The molecule has 0 aromatic heterocycles. The Bertz CT molecular complexity index is 983. The Balaban J connectivity index is 1.59. The lowest BCUT2D eigenvalue weighted by molar-refractivity contribution is -0.117. The van der Waals surface area contributed by atoms with Gasteiger partial charge in [0.2, 0.25) is 15.9 Å². The van der Waals surface area contributed by atoms with Crippen LogP contribution >= 0.6 is 0 Å². The molecule has 1 N–H and O–H groups in total. The molecule has 2 aromatic rings. The second kappa shape index (κ2) is 5.66. The fourth-order valence-corrected chi connectivity index (χ4v) is 5.44. The molecule has 1 heterocycles. The third-order valence-corrected chi connectivity index (χ3v) is 7.15. The minimum absolute atomic E-state index is 0.0185. The van der Waals surface area contributed by atoms with Gasteiger partial charge in [0.25, 0.3) is 0 Å². The summed E-state index contributed by atoms with van der Waals surface area (Å²) < 4.78 is 28.7. The van der Waals surface area contributed by atoms with Crippen molar-refractivity contribution in [2.45, 2.75) is 37.1 Å². The van der Waals surface area contributed by atoms with Gasteiger partial charge in [-0.25, -0.2) is 13.1 Å². The normalized spacial score (nSPS) is 23.8. The van der Waals surface area contributed by atoms with Crippen molar-refractivity contribution >= 4 is 21.6 Å². The molecule has 1 aliphatic heterocycles. The van der Waals surface area contributed by atoms with Crippen molar-refractivity contribution in [1.82, 2.24) is 4.72 Å². The monoisotopic (exact) mass is 370 g/mol. The molecular formula is C20H22N2O3S. The van der Waals surface area contributed by atoms with E-state index >= 15 is 0 Å². The Morgan fingerprint density at radius 3 is 2.50 bits per heavy atom. The number of carbonyl (C=O) groups excluding carboxylic acids is 1. The first kappa shape index (κ1) is 17.2. The minimum Gasteiger partial charge on any atom is -0.315 e. The molecule has 0 bridgehead atoms. The first-order valence-corrected chi connectivity index (χ1v) is 10.2. The fourth-order valence-electron chi connectivity index (χ4n) is 3.99. The Morgan fingerprint density at radius 1 is 1.12 bits per heavy atom. The molecule has 0 radical (unpaired) electrons. The van der Waals surface area contributed by atoms with Crippen LogP contribution in [0.1, 0.15) is 30.9 Å². The second-order valence-electron chi connectivity index (χ2n) is 7.73. The second-order valence-corrected chi connectivity index (χ2v) is 9.44. The summed E-state index contributed by atoms with van der Waals surface area (Å²) in [4.78, 5) is 13.6. The van der Waals surface area contributed by atoms with Crippen LogP contribution in [0.3, 0.4) is 0 Å². The number of likely N-dealkylation sites (N-methyl/N-ethyl adjacent to an activating group) is 1. The zero-order valence-electron chi connectivity index (χ0n) is 15.1. The van der Waals surface area contributed by atoms with Gasteiger partial charge in [-0.1, -0.05) is 44.2 Å². The van der Waals surface area contributed by atoms with Gasteiger partial charge in [0.1, 0.15) is 0 Å². The van der Waals surface area contributed by atoms with Crippen molar-refractivity contribution in [2.24, 2.45) is 5.41 Å². The van der Waals surface area contributed by atoms with E-state index in [-0.39, 0.29) is 34.6 Å². The Labute approximate surface area is 154 Å². The number of fused-ring (bicyclic) bond motifs is 1. The Kier molecular flexibility index (Phi) is 3.75. The summed E-state index contributed by atoms with van der Waals surface area (Å²) in [6.45, 7) is 4.16. The summed E-state index contributed by atoms with van der Waals surface area (Å²) in [5.74, 6) is 0.135. The van der Waals surface area contributed by atoms with Crippen LogP contribution in [0.2, 0.25) is 0 Å². The molecule has 5 nitrogen and oxygen atoms in total. The van der Waals surface area contributed by atoms with Gasteiger partial charge >= 0.3 is 0 Å². The van der Waals surface area contributed by atoms with Gasteiger partial charge in [-0.05, 0) is 34.7 Å². The molecule has 1 amide bonds. The van der Waals surface area contributed by atoms with Crippen LogP contribution in [0.4, 0.5) is 5.69 Å². The van der Waals surface area contributed by atoms with Gasteiger partial charge in [-0.15, -0.1) is 0 Å². The van der Waals surface area contributed by atoms with Crippen molar-refractivity contribution in [3.63, 3.8) is 0 Å². The van der Waals surface area contributed by atoms with Crippen molar-refractivity contribution in [3.05, 3.63) is 59.7 Å². The quantitative estimate of drug-likeness (QED) is 0.900. The van der Waals surface area contributed by atoms with Gasteiger partial charge in [-0.2, -0.15) is 0 Å². The van der Waals surface area contributed by atoms with Crippen LogP contribution in [0.5, 0.6) is 0 Å². The molecule has 26 heavy (non-hydrogen) atoms. The molecule has 0 spiro atoms. The van der Waals surface area contributed by atoms with Crippen LogP contribution in [0.25, 0.3) is 0 Å². The number of amides is 1. The van der Waals surface area contributed by atoms with E-state index in [1.54, 1.807) is 30.1 Å². The van der Waals surface area contributed by atoms with E-state index < -0.39 is 10.0 Å². The van der Waals surface area contributed by atoms with Crippen LogP contribution in [-0.4, -0.2) is 27.4 Å². The van der Waals surface area contributed by atoms with E-state index in [0.29, 0.717) is 0 Å². The summed E-state index contributed by atoms with van der Waals surface area (Å²) in [6.07, 6.45) is 0.247. The lowest BCUT2D eigenvalue weighted by Crippen LogP contribution is -2.29. The predicted octanol–water partition coefficient (Wildman–Crippen LogP) is 2.68. The zero-order chi connectivity index (χ0) is 18.7. The molecule has 136 valence electrons. The number of nitrogens with zero attached hydrogens (tertiary/aromatic N) is 1. The van der Waals surface area contributed by atoms with E-state index in [1.807, 2.05) is 30.3 Å². The highest BCUT2D eigenvalue weighted by molar-refractivity contribution is 7.89. The van der Waals surface area contributed by atoms with Gasteiger partial charge < -0.3 is 4.90 Å². The highest BCUT2D eigenvalue weighted by Crippen LogP contribution is 2.59. The van der Waals surface area contributed by atoms with Crippen LogP contribution in [-0.2, 0) is 21.2 Å². The molecule has 1 aliphatic carbocycles. The molecule has 6 heteroatoms. The predicted molar refractivity (Wildman–Crippen MR) is 101 cm³/mol. The van der Waals surface area contributed by atoms with E-state index in [4.69, 9.17) is 0 Å². The van der Waals surface area contributed by atoms with Crippen LogP contribution in [0, 0.1) is 5.41 Å². The summed E-state index contributed by atoms with van der Waals surface area (Å²) >= 11 is 0. The lowest BCUT2D eigenvalue weighted by atomic mass is 10.0. The van der Waals surface area contributed by atoms with E-state index in [0.717, 1.165) is 16.8 Å². The van der Waals surface area contributed by atoms with Crippen molar-refractivity contribution < 1.29 is 13.2 Å². The molecule has 2 aliphatic rings. The van der Waals surface area contributed by atoms with Crippen LogP contribution in [0.15, 0.2) is 53.4 Å². The number of rotatable bonds is 4. The number of sulfonamides is 1. The number of benzene rings is 2. The lowest BCUT2D eigenvalue weighted by Gasteiger charge is -2.12. The van der Waals surface area contributed by atoms with Crippen LogP contribution < -0.4 is 9.62 Å². The zero-order valence-corrected chi connectivity index (χ0v) is 15.9. The molecule has 2 atom stereocenters. The molecular weight excluding hydrogens is 348 g/mol. The molecule has 1 fully saturated rings. The summed E-state index contributed by atoms with van der Waals surface area (Å²) in [5.41, 5.74) is 2.55. The summed E-state index contributed by atoms with van der Waals surface area (Å²) in [6, 6.07) is 14.7. The number of nitrogens with one attached hydrogen (secondary N) is 1. The topological polar surface area (TPSA) is 66.5 Å². The van der Waals surface area contributed by atoms with E-state index in [2.05, 4.69) is 18.6 Å². The SMILES string of the molecule is CN1C(=O)Cc2cc(S(=O)(=O)N[C@@H]3[C@@H](c4ccccc4)C3(C)C)ccc21. The maximum atomic E-state index is 12.9. The first-order valence-electron chi connectivity index (χ1n) is 8.68. The maximum Gasteiger partial charge on any atom is 0.240 e. The van der Waals surface area contributed by atoms with Crippen molar-refractivity contribution in [1.29, 1.82) is 0 Å². The van der Waals surface area contributed by atoms with E-state index in [1.165, 1.54) is 0 Å². The van der Waals surface area contributed by atoms with Gasteiger partial charge in [-0.3, -0.25) is 4.79 Å². The number of hydrogen-bond acceptors (Lipinski definition) is 3. The first-order chi connectivity index (χ1) is 12.2. The molecule has 0 unspecified atom stereocenters. The van der Waals surface area contributed by atoms with Crippen molar-refractivity contribution in [2.75, 3.05) is 11.9 Å². The van der Waals surface area contributed by atoms with Crippen molar-refractivity contribution in [3.8, 4) is 0 Å². The largest absolute Gasteiger partial charge is 0.315 e. The Morgan fingerprint density at radius 2 is 1.81 bits per heavy atom. The highest BCUT2D eigenvalue weighted by atomic mass is 32.2. The molecule has 1 saturated carbocycles. The summed E-state index contributed by atoms with van der Waals surface area (Å²) in [5, 5.41) is 0. The number of hydrogen-bond donors (Lipinski definition) is 1. The third-order valence-electron chi connectivity index (χ3n) is 5.71. The van der Waals surface area contributed by atoms with Gasteiger partial charge in [0, 0.05) is 24.7 Å². The third kappa shape index (κ3) is 2.64. The summed E-state index contributed by atoms with van der Waals surface area (Å²) in [7, 11) is -1.94. The molecule has 2 aromatic carbocycles. The number of carbonyl (C=O) groups is 1. The Hall–Kier alpha value is -2.18. The standard InChI is InChI=1S/C20H22N2O3S/c1-20(2)18(13-7-5-4-6-8-13)19(20)21-26(24,25)15-9-10-16-14(11-15)12-17(23)22(16)3/h4-11,18-19,21H,12H2,1-3H3/t18-,19-/m1/s1. The number of anilines is 1. The fraction of sp³-hybridized carbons (Fsp3) is 0.350. The van der Waals surface area contributed by atoms with Gasteiger partial charge in [0.05, 0.1) is 11.3 Å². The molecule has 4 rings (SSSR count). The van der Waals surface area contributed by atoms with Gasteiger partial charge in [0.15, 0.2) is 0 Å².